The number of carbonyl (C=O) groups excluding carboxylic acids is 1. The Morgan fingerprint density at radius 2 is 2.16 bits per heavy atom. The molecule has 1 aromatic carbocycles. The number of carboxylic acids is 1. The minimum Gasteiger partial charge on any atom is -0.481 e. The maximum Gasteiger partial charge on any atom is 0.304 e. The van der Waals surface area contributed by atoms with Gasteiger partial charge in [-0.3, -0.25) is 14.5 Å². The monoisotopic (exact) mass is 288 g/mol. The number of nitrogens with zero attached hydrogens (tertiary/aromatic N) is 1. The first-order chi connectivity index (χ1) is 8.88. The minimum absolute atomic E-state index is 0.0356. The number of nitrogens with one attached hydrogen (secondary N) is 1. The third kappa shape index (κ3) is 5.67. The van der Waals surface area contributed by atoms with Gasteiger partial charge < -0.3 is 10.4 Å². The van der Waals surface area contributed by atoms with Crippen LogP contribution in [0.25, 0.3) is 0 Å². The summed E-state index contributed by atoms with van der Waals surface area (Å²) in [5.74, 6) is -1.80. The summed E-state index contributed by atoms with van der Waals surface area (Å²) < 4.78 is 12.9. The average molecular weight is 289 g/mol. The highest BCUT2D eigenvalue weighted by Crippen LogP contribution is 2.19. The van der Waals surface area contributed by atoms with Gasteiger partial charge in [-0.15, -0.1) is 0 Å². The van der Waals surface area contributed by atoms with Crippen LogP contribution in [0.1, 0.15) is 6.42 Å². The fourth-order valence-corrected chi connectivity index (χ4v) is 1.57. The molecule has 1 aromatic rings. The van der Waals surface area contributed by atoms with Crippen molar-refractivity contribution in [3.8, 4) is 0 Å². The molecular formula is C12H14ClFN2O3. The van der Waals surface area contributed by atoms with Crippen molar-refractivity contribution in [1.82, 2.24) is 4.90 Å². The maximum absolute atomic E-state index is 12.9. The second kappa shape index (κ2) is 7.06. The molecular weight excluding hydrogens is 275 g/mol. The third-order valence-electron chi connectivity index (χ3n) is 2.32. The van der Waals surface area contributed by atoms with Crippen LogP contribution in [0, 0.1) is 5.82 Å². The van der Waals surface area contributed by atoms with Crippen molar-refractivity contribution in [2.24, 2.45) is 0 Å². The molecule has 0 aliphatic heterocycles. The van der Waals surface area contributed by atoms with E-state index in [-0.39, 0.29) is 30.4 Å². The van der Waals surface area contributed by atoms with Gasteiger partial charge in [0, 0.05) is 12.2 Å². The summed E-state index contributed by atoms with van der Waals surface area (Å²) >= 11 is 5.59. The highest BCUT2D eigenvalue weighted by molar-refractivity contribution is 6.31. The summed E-state index contributed by atoms with van der Waals surface area (Å²) in [6.45, 7) is 0.315. The molecule has 0 aliphatic carbocycles. The van der Waals surface area contributed by atoms with E-state index in [1.807, 2.05) is 0 Å². The second-order valence-corrected chi connectivity index (χ2v) is 4.47. The summed E-state index contributed by atoms with van der Waals surface area (Å²) in [4.78, 5) is 23.6. The minimum atomic E-state index is -0.919. The zero-order chi connectivity index (χ0) is 14.4. The van der Waals surface area contributed by atoms with E-state index >= 15 is 0 Å². The number of hydrogen-bond acceptors (Lipinski definition) is 3. The number of likely N-dealkylation sites (N-methyl/N-ethyl adjacent to an activating group) is 1. The smallest absolute Gasteiger partial charge is 0.304 e. The number of rotatable bonds is 6. The Balaban J connectivity index is 2.46. The molecule has 0 aromatic heterocycles. The van der Waals surface area contributed by atoms with Gasteiger partial charge in [-0.1, -0.05) is 11.6 Å². The largest absolute Gasteiger partial charge is 0.481 e. The standard InChI is InChI=1S/C12H14ClFN2O3/c1-16(5-4-12(18)19)7-11(17)15-8-2-3-10(14)9(13)6-8/h2-3,6H,4-5,7H2,1H3,(H,15,17)(H,18,19). The van der Waals surface area contributed by atoms with Crippen molar-refractivity contribution in [3.05, 3.63) is 29.0 Å². The molecule has 0 saturated carbocycles. The van der Waals surface area contributed by atoms with Crippen molar-refractivity contribution in [2.45, 2.75) is 6.42 Å². The lowest BCUT2D eigenvalue weighted by Crippen LogP contribution is -2.31. The summed E-state index contributed by atoms with van der Waals surface area (Å²) in [7, 11) is 1.64. The van der Waals surface area contributed by atoms with E-state index in [9.17, 15) is 14.0 Å². The van der Waals surface area contributed by atoms with Crippen molar-refractivity contribution < 1.29 is 19.1 Å². The zero-order valence-electron chi connectivity index (χ0n) is 10.3. The van der Waals surface area contributed by atoms with E-state index in [1.165, 1.54) is 12.1 Å². The van der Waals surface area contributed by atoms with E-state index in [1.54, 1.807) is 11.9 Å². The Bertz CT molecular complexity index is 482. The Hall–Kier alpha value is -1.66. The van der Waals surface area contributed by atoms with Gasteiger partial charge >= 0.3 is 5.97 Å². The molecule has 5 nitrogen and oxygen atoms in total. The highest BCUT2D eigenvalue weighted by atomic mass is 35.5. The number of aliphatic carboxylic acids is 1. The molecule has 0 saturated heterocycles. The van der Waals surface area contributed by atoms with Crippen LogP contribution in [0.3, 0.4) is 0 Å². The average Bonchev–Trinajstić information content (AvgIpc) is 2.31. The van der Waals surface area contributed by atoms with Gasteiger partial charge in [-0.05, 0) is 25.2 Å². The summed E-state index contributed by atoms with van der Waals surface area (Å²) in [6, 6.07) is 3.87. The topological polar surface area (TPSA) is 69.6 Å². The zero-order valence-corrected chi connectivity index (χ0v) is 11.1. The molecule has 1 rings (SSSR count). The molecule has 19 heavy (non-hydrogen) atoms. The predicted octanol–water partition coefficient (Wildman–Crippen LogP) is 1.82. The number of halogens is 2. The molecule has 7 heteroatoms. The van der Waals surface area contributed by atoms with Crippen LogP contribution in [0.15, 0.2) is 18.2 Å². The SMILES string of the molecule is CN(CCC(=O)O)CC(=O)Nc1ccc(F)c(Cl)c1. The predicted molar refractivity (Wildman–Crippen MR) is 69.8 cm³/mol. The van der Waals surface area contributed by atoms with E-state index in [0.717, 1.165) is 6.07 Å². The number of carbonyl (C=O) groups is 2. The Morgan fingerprint density at radius 3 is 2.74 bits per heavy atom. The Kier molecular flexibility index (Phi) is 5.72. The molecule has 0 heterocycles. The number of anilines is 1. The van der Waals surface area contributed by atoms with Crippen LogP contribution in [0.4, 0.5) is 10.1 Å². The van der Waals surface area contributed by atoms with E-state index in [0.29, 0.717) is 5.69 Å². The van der Waals surface area contributed by atoms with Crippen LogP contribution in [-0.2, 0) is 9.59 Å². The van der Waals surface area contributed by atoms with Gasteiger partial charge in [0.05, 0.1) is 18.0 Å². The van der Waals surface area contributed by atoms with Crippen LogP contribution in [-0.4, -0.2) is 42.0 Å². The summed E-state index contributed by atoms with van der Waals surface area (Å²) in [5, 5.41) is 11.0. The van der Waals surface area contributed by atoms with Crippen LogP contribution in [0.5, 0.6) is 0 Å². The molecule has 0 aliphatic rings. The van der Waals surface area contributed by atoms with Gasteiger partial charge in [-0.25, -0.2) is 4.39 Å². The van der Waals surface area contributed by atoms with Crippen LogP contribution in [0.2, 0.25) is 5.02 Å². The van der Waals surface area contributed by atoms with Gasteiger partial charge in [0.25, 0.3) is 0 Å². The Labute approximate surface area is 115 Å². The van der Waals surface area contributed by atoms with E-state index in [2.05, 4.69) is 5.32 Å². The molecule has 1 amide bonds. The third-order valence-corrected chi connectivity index (χ3v) is 2.61. The molecule has 104 valence electrons. The van der Waals surface area contributed by atoms with Gasteiger partial charge in [-0.2, -0.15) is 0 Å². The fourth-order valence-electron chi connectivity index (χ4n) is 1.39. The van der Waals surface area contributed by atoms with Gasteiger partial charge in [0.1, 0.15) is 5.82 Å². The molecule has 0 unspecified atom stereocenters. The Morgan fingerprint density at radius 1 is 1.47 bits per heavy atom. The molecule has 0 radical (unpaired) electrons. The van der Waals surface area contributed by atoms with E-state index in [4.69, 9.17) is 16.7 Å². The van der Waals surface area contributed by atoms with Gasteiger partial charge in [0.15, 0.2) is 0 Å². The van der Waals surface area contributed by atoms with Crippen LogP contribution < -0.4 is 5.32 Å². The number of benzene rings is 1. The van der Waals surface area contributed by atoms with Crippen LogP contribution >= 0.6 is 11.6 Å². The van der Waals surface area contributed by atoms with Crippen molar-refractivity contribution in [1.29, 1.82) is 0 Å². The number of hydrogen-bond donors (Lipinski definition) is 2. The molecule has 0 atom stereocenters. The summed E-state index contributed by atoms with van der Waals surface area (Å²) in [6.07, 6.45) is -0.0356. The van der Waals surface area contributed by atoms with Crippen molar-refractivity contribution in [3.63, 3.8) is 0 Å². The van der Waals surface area contributed by atoms with Gasteiger partial charge in [0.2, 0.25) is 5.91 Å². The number of carboxylic acid groups (broad SMARTS) is 1. The molecule has 0 fully saturated rings. The van der Waals surface area contributed by atoms with Crippen molar-refractivity contribution >= 4 is 29.2 Å². The first-order valence-corrected chi connectivity index (χ1v) is 5.91. The quantitative estimate of drug-likeness (QED) is 0.838. The first-order valence-electron chi connectivity index (χ1n) is 5.53. The first kappa shape index (κ1) is 15.4. The second-order valence-electron chi connectivity index (χ2n) is 4.06. The lowest BCUT2D eigenvalue weighted by molar-refractivity contribution is -0.137. The summed E-state index contributed by atoms with van der Waals surface area (Å²) in [5.41, 5.74) is 0.392. The normalized spacial score (nSPS) is 10.5. The van der Waals surface area contributed by atoms with Crippen molar-refractivity contribution in [2.75, 3.05) is 25.5 Å². The molecule has 2 N–H and O–H groups in total. The highest BCUT2D eigenvalue weighted by Gasteiger charge is 2.09. The van der Waals surface area contributed by atoms with E-state index < -0.39 is 11.8 Å². The fraction of sp³-hybridized carbons (Fsp3) is 0.333. The number of amides is 1. The lowest BCUT2D eigenvalue weighted by Gasteiger charge is -2.15. The molecule has 0 bridgehead atoms. The lowest BCUT2D eigenvalue weighted by atomic mass is 10.3. The molecule has 0 spiro atoms. The maximum atomic E-state index is 12.9.